The van der Waals surface area contributed by atoms with Crippen LogP contribution in [-0.2, 0) is 6.54 Å². The Bertz CT molecular complexity index is 817. The number of anilines is 1. The smallest absolute Gasteiger partial charge is 0.291 e. The zero-order valence-corrected chi connectivity index (χ0v) is 20.7. The van der Waals surface area contributed by atoms with Gasteiger partial charge < -0.3 is 25.3 Å². The van der Waals surface area contributed by atoms with Crippen LogP contribution >= 0.6 is 24.0 Å². The van der Waals surface area contributed by atoms with Gasteiger partial charge >= 0.3 is 0 Å². The fourth-order valence-electron chi connectivity index (χ4n) is 3.65. The average Bonchev–Trinajstić information content (AvgIpc) is 3.29. The summed E-state index contributed by atoms with van der Waals surface area (Å²) in [5, 5.41) is 9.79. The molecule has 2 aromatic rings. The number of carbonyl (C=O) groups excluding carboxylic acids is 1. The molecule has 0 unspecified atom stereocenters. The van der Waals surface area contributed by atoms with Crippen LogP contribution in [0.1, 0.15) is 49.2 Å². The molecule has 3 N–H and O–H groups in total. The summed E-state index contributed by atoms with van der Waals surface area (Å²) >= 11 is 0. The van der Waals surface area contributed by atoms with Crippen molar-refractivity contribution in [2.24, 2.45) is 4.99 Å². The molecule has 7 nitrogen and oxygen atoms in total. The minimum atomic E-state index is -0.259. The highest BCUT2D eigenvalue weighted by molar-refractivity contribution is 14.0. The summed E-state index contributed by atoms with van der Waals surface area (Å²) in [5.41, 5.74) is 1.76. The van der Waals surface area contributed by atoms with E-state index in [1.165, 1.54) is 19.2 Å². The third-order valence-corrected chi connectivity index (χ3v) is 5.16. The maximum Gasteiger partial charge on any atom is 0.291 e. The van der Waals surface area contributed by atoms with E-state index in [-0.39, 0.29) is 29.9 Å². The maximum absolute atomic E-state index is 12.2. The first-order valence-corrected chi connectivity index (χ1v) is 10.9. The second-order valence-electron chi connectivity index (χ2n) is 7.59. The van der Waals surface area contributed by atoms with Gasteiger partial charge in [0, 0.05) is 31.4 Å². The maximum atomic E-state index is 12.2. The van der Waals surface area contributed by atoms with Crippen LogP contribution in [-0.4, -0.2) is 49.0 Å². The van der Waals surface area contributed by atoms with Crippen LogP contribution in [0.2, 0.25) is 0 Å². The Morgan fingerprint density at radius 2 is 2.00 bits per heavy atom. The van der Waals surface area contributed by atoms with Crippen LogP contribution in [0, 0.1) is 0 Å². The standard InChI is InChI=1S/C23H33N5O2.HI/c1-3-12-28-13-10-19(11-14-28)27-23(24-4-2)25-17-18-7-5-8-20(16-18)26-22(29)21-9-6-15-30-21;/h5-9,15-16,19H,3-4,10-14,17H2,1-2H3,(H,26,29)(H2,24,25,27);1H. The number of benzene rings is 1. The highest BCUT2D eigenvalue weighted by Gasteiger charge is 2.19. The monoisotopic (exact) mass is 539 g/mol. The van der Waals surface area contributed by atoms with Crippen molar-refractivity contribution in [3.05, 3.63) is 54.0 Å². The summed E-state index contributed by atoms with van der Waals surface area (Å²) in [6, 6.07) is 11.5. The zero-order valence-electron chi connectivity index (χ0n) is 18.4. The summed E-state index contributed by atoms with van der Waals surface area (Å²) in [4.78, 5) is 19.5. The molecule has 1 fully saturated rings. The molecular formula is C23H34IN5O2. The summed E-state index contributed by atoms with van der Waals surface area (Å²) in [7, 11) is 0. The number of carbonyl (C=O) groups is 1. The minimum Gasteiger partial charge on any atom is -0.459 e. The van der Waals surface area contributed by atoms with Crippen molar-refractivity contribution in [3.63, 3.8) is 0 Å². The molecule has 0 bridgehead atoms. The Labute approximate surface area is 202 Å². The van der Waals surface area contributed by atoms with E-state index in [1.807, 2.05) is 24.3 Å². The number of rotatable bonds is 8. The zero-order chi connectivity index (χ0) is 21.2. The van der Waals surface area contributed by atoms with Crippen molar-refractivity contribution < 1.29 is 9.21 Å². The van der Waals surface area contributed by atoms with E-state index in [4.69, 9.17) is 9.41 Å². The van der Waals surface area contributed by atoms with Crippen LogP contribution in [0.4, 0.5) is 5.69 Å². The largest absolute Gasteiger partial charge is 0.459 e. The molecule has 0 radical (unpaired) electrons. The number of piperidine rings is 1. The lowest BCUT2D eigenvalue weighted by Crippen LogP contribution is -2.48. The number of halogens is 1. The second kappa shape index (κ2) is 13.4. The van der Waals surface area contributed by atoms with Crippen molar-refractivity contribution in [1.82, 2.24) is 15.5 Å². The number of likely N-dealkylation sites (tertiary alicyclic amines) is 1. The van der Waals surface area contributed by atoms with Gasteiger partial charge in [0.2, 0.25) is 0 Å². The first kappa shape index (κ1) is 25.2. The molecule has 0 saturated carbocycles. The topological polar surface area (TPSA) is 81.9 Å². The molecular weight excluding hydrogens is 505 g/mol. The summed E-state index contributed by atoms with van der Waals surface area (Å²) in [5.74, 6) is 0.878. The third-order valence-electron chi connectivity index (χ3n) is 5.16. The number of amides is 1. The van der Waals surface area contributed by atoms with Crippen LogP contribution in [0.3, 0.4) is 0 Å². The summed E-state index contributed by atoms with van der Waals surface area (Å²) in [6.07, 6.45) is 4.98. The van der Waals surface area contributed by atoms with Gasteiger partial charge in [-0.05, 0) is 62.6 Å². The first-order valence-electron chi connectivity index (χ1n) is 10.9. The molecule has 0 atom stereocenters. The van der Waals surface area contributed by atoms with E-state index in [2.05, 4.69) is 34.7 Å². The van der Waals surface area contributed by atoms with Gasteiger partial charge in [-0.1, -0.05) is 19.1 Å². The SMILES string of the molecule is CCCN1CCC(NC(=NCc2cccc(NC(=O)c3ccco3)c2)NCC)CC1.I. The van der Waals surface area contributed by atoms with Gasteiger partial charge in [0.25, 0.3) is 5.91 Å². The van der Waals surface area contributed by atoms with Gasteiger partial charge in [-0.2, -0.15) is 0 Å². The van der Waals surface area contributed by atoms with Crippen molar-refractivity contribution in [2.75, 3.05) is 31.5 Å². The summed E-state index contributed by atoms with van der Waals surface area (Å²) < 4.78 is 5.14. The number of hydrogen-bond acceptors (Lipinski definition) is 4. The predicted molar refractivity (Wildman–Crippen MR) is 136 cm³/mol. The van der Waals surface area contributed by atoms with Crippen molar-refractivity contribution in [3.8, 4) is 0 Å². The van der Waals surface area contributed by atoms with Gasteiger partial charge in [-0.25, -0.2) is 4.99 Å². The molecule has 1 aliphatic rings. The number of nitrogens with one attached hydrogen (secondary N) is 3. The van der Waals surface area contributed by atoms with Crippen LogP contribution < -0.4 is 16.0 Å². The molecule has 1 amide bonds. The molecule has 170 valence electrons. The lowest BCUT2D eigenvalue weighted by atomic mass is 10.1. The van der Waals surface area contributed by atoms with Crippen LogP contribution in [0.15, 0.2) is 52.1 Å². The molecule has 1 aliphatic heterocycles. The number of nitrogens with zero attached hydrogens (tertiary/aromatic N) is 2. The Hall–Kier alpha value is -2.07. The number of guanidine groups is 1. The van der Waals surface area contributed by atoms with Gasteiger partial charge in [0.1, 0.15) is 0 Å². The van der Waals surface area contributed by atoms with E-state index in [9.17, 15) is 4.79 Å². The molecule has 2 heterocycles. The number of furan rings is 1. The minimum absolute atomic E-state index is 0. The second-order valence-corrected chi connectivity index (χ2v) is 7.59. The number of aliphatic imine (C=N–C) groups is 1. The van der Waals surface area contributed by atoms with E-state index >= 15 is 0 Å². The highest BCUT2D eigenvalue weighted by atomic mass is 127. The fourth-order valence-corrected chi connectivity index (χ4v) is 3.65. The lowest BCUT2D eigenvalue weighted by Gasteiger charge is -2.32. The van der Waals surface area contributed by atoms with Crippen molar-refractivity contribution in [2.45, 2.75) is 45.7 Å². The van der Waals surface area contributed by atoms with Gasteiger partial charge in [-0.3, -0.25) is 4.79 Å². The number of hydrogen-bond donors (Lipinski definition) is 3. The fraction of sp³-hybridized carbons (Fsp3) is 0.478. The van der Waals surface area contributed by atoms with E-state index in [1.54, 1.807) is 12.1 Å². The van der Waals surface area contributed by atoms with E-state index in [0.29, 0.717) is 18.3 Å². The molecule has 0 aliphatic carbocycles. The molecule has 3 rings (SSSR count). The van der Waals surface area contributed by atoms with E-state index in [0.717, 1.165) is 49.7 Å². The highest BCUT2D eigenvalue weighted by Crippen LogP contribution is 2.14. The predicted octanol–water partition coefficient (Wildman–Crippen LogP) is 4.08. The summed E-state index contributed by atoms with van der Waals surface area (Å²) in [6.45, 7) is 9.14. The Morgan fingerprint density at radius 3 is 2.68 bits per heavy atom. The van der Waals surface area contributed by atoms with Crippen molar-refractivity contribution in [1.29, 1.82) is 0 Å². The van der Waals surface area contributed by atoms with Crippen LogP contribution in [0.5, 0.6) is 0 Å². The lowest BCUT2D eigenvalue weighted by molar-refractivity contribution is 0.0996. The molecule has 8 heteroatoms. The van der Waals surface area contributed by atoms with Crippen molar-refractivity contribution >= 4 is 41.5 Å². The van der Waals surface area contributed by atoms with Gasteiger partial charge in [0.05, 0.1) is 12.8 Å². The van der Waals surface area contributed by atoms with Gasteiger partial charge in [-0.15, -0.1) is 24.0 Å². The molecule has 31 heavy (non-hydrogen) atoms. The normalized spacial score (nSPS) is 15.2. The average molecular weight is 539 g/mol. The third kappa shape index (κ3) is 8.17. The molecule has 1 saturated heterocycles. The quantitative estimate of drug-likeness (QED) is 0.268. The Morgan fingerprint density at radius 1 is 1.19 bits per heavy atom. The van der Waals surface area contributed by atoms with E-state index < -0.39 is 0 Å². The molecule has 1 aromatic carbocycles. The van der Waals surface area contributed by atoms with Gasteiger partial charge in [0.15, 0.2) is 11.7 Å². The Balaban J connectivity index is 0.00000341. The molecule has 1 aromatic heterocycles. The Kier molecular flexibility index (Phi) is 10.9. The molecule has 0 spiro atoms. The van der Waals surface area contributed by atoms with Crippen LogP contribution in [0.25, 0.3) is 0 Å². The first-order chi connectivity index (χ1) is 14.7.